The number of piperidine rings is 1. The Morgan fingerprint density at radius 1 is 1.00 bits per heavy atom. The van der Waals surface area contributed by atoms with Gasteiger partial charge in [0.15, 0.2) is 11.4 Å². The smallest absolute Gasteiger partial charge is 0.274 e. The number of hydrogen-bond donors (Lipinski definition) is 1. The molecule has 0 spiro atoms. The molecule has 0 radical (unpaired) electrons. The number of aromatic nitrogens is 2. The molecule has 0 saturated carbocycles. The van der Waals surface area contributed by atoms with Crippen molar-refractivity contribution in [3.63, 3.8) is 0 Å². The molecule has 2 amide bonds. The lowest BCUT2D eigenvalue weighted by Crippen LogP contribution is -2.38. The average molecular weight is 322 g/mol. The van der Waals surface area contributed by atoms with Crippen LogP contribution in [0.25, 0.3) is 6.08 Å². The molecule has 2 heterocycles. The molecule has 0 aliphatic carbocycles. The molecule has 1 aromatic carbocycles. The Morgan fingerprint density at radius 2 is 1.62 bits per heavy atom. The Kier molecular flexibility index (Phi) is 4.65. The first kappa shape index (κ1) is 15.9. The molecule has 6 heteroatoms. The number of primary amides is 1. The van der Waals surface area contributed by atoms with Crippen molar-refractivity contribution in [2.24, 2.45) is 5.73 Å². The zero-order valence-electron chi connectivity index (χ0n) is 13.2. The van der Waals surface area contributed by atoms with Crippen molar-refractivity contribution in [1.29, 1.82) is 0 Å². The second-order valence-corrected chi connectivity index (χ2v) is 5.62. The van der Waals surface area contributed by atoms with Crippen LogP contribution in [-0.2, 0) is 0 Å². The number of nitrogens with zero attached hydrogens (tertiary/aromatic N) is 3. The van der Waals surface area contributed by atoms with Gasteiger partial charge in [-0.15, -0.1) is 0 Å². The molecule has 3 rings (SSSR count). The highest BCUT2D eigenvalue weighted by molar-refractivity contribution is 6.04. The molecule has 1 aromatic heterocycles. The van der Waals surface area contributed by atoms with Gasteiger partial charge in [0.25, 0.3) is 11.8 Å². The first-order valence-electron chi connectivity index (χ1n) is 7.80. The molecule has 1 aliphatic heterocycles. The van der Waals surface area contributed by atoms with E-state index < -0.39 is 5.91 Å². The SMILES string of the molecule is NC(=O)c1nccnc1C(=O)N1CCC(=Cc2ccccc2)CC1. The highest BCUT2D eigenvalue weighted by Crippen LogP contribution is 2.21. The number of hydrogen-bond acceptors (Lipinski definition) is 4. The lowest BCUT2D eigenvalue weighted by atomic mass is 10.0. The average Bonchev–Trinajstić information content (AvgIpc) is 2.62. The van der Waals surface area contributed by atoms with E-state index in [2.05, 4.69) is 28.2 Å². The third-order valence-corrected chi connectivity index (χ3v) is 4.00. The summed E-state index contributed by atoms with van der Waals surface area (Å²) in [5.41, 5.74) is 7.69. The summed E-state index contributed by atoms with van der Waals surface area (Å²) in [7, 11) is 0. The minimum atomic E-state index is -0.742. The van der Waals surface area contributed by atoms with E-state index in [0.29, 0.717) is 13.1 Å². The molecular weight excluding hydrogens is 304 g/mol. The summed E-state index contributed by atoms with van der Waals surface area (Å²) in [6.07, 6.45) is 6.51. The minimum Gasteiger partial charge on any atom is -0.364 e. The Hall–Kier alpha value is -3.02. The predicted molar refractivity (Wildman–Crippen MR) is 90.1 cm³/mol. The second-order valence-electron chi connectivity index (χ2n) is 5.62. The van der Waals surface area contributed by atoms with Crippen molar-refractivity contribution in [2.45, 2.75) is 12.8 Å². The lowest BCUT2D eigenvalue weighted by Gasteiger charge is -2.28. The summed E-state index contributed by atoms with van der Waals surface area (Å²) in [6.45, 7) is 1.18. The zero-order valence-corrected chi connectivity index (χ0v) is 13.2. The largest absolute Gasteiger partial charge is 0.364 e. The minimum absolute atomic E-state index is 0.0282. The van der Waals surface area contributed by atoms with Crippen molar-refractivity contribution in [2.75, 3.05) is 13.1 Å². The fraction of sp³-hybridized carbons (Fsp3) is 0.222. The van der Waals surface area contributed by atoms with Crippen molar-refractivity contribution >= 4 is 17.9 Å². The van der Waals surface area contributed by atoms with Crippen LogP contribution >= 0.6 is 0 Å². The van der Waals surface area contributed by atoms with Crippen molar-refractivity contribution in [3.05, 3.63) is 65.2 Å². The third kappa shape index (κ3) is 3.48. The Bertz CT molecular complexity index is 777. The standard InChI is InChI=1S/C18H18N4O2/c19-17(23)15-16(21-9-8-20-15)18(24)22-10-6-14(7-11-22)12-13-4-2-1-3-5-13/h1-5,8-9,12H,6-7,10-11H2,(H2,19,23). The lowest BCUT2D eigenvalue weighted by molar-refractivity contribution is 0.0732. The number of benzene rings is 1. The molecule has 24 heavy (non-hydrogen) atoms. The van der Waals surface area contributed by atoms with E-state index in [1.165, 1.54) is 18.0 Å². The van der Waals surface area contributed by atoms with Crippen LogP contribution in [-0.4, -0.2) is 39.8 Å². The van der Waals surface area contributed by atoms with Gasteiger partial charge in [-0.25, -0.2) is 9.97 Å². The number of nitrogens with two attached hydrogens (primary N) is 1. The van der Waals surface area contributed by atoms with E-state index in [-0.39, 0.29) is 17.3 Å². The van der Waals surface area contributed by atoms with Gasteiger partial charge in [-0.3, -0.25) is 9.59 Å². The molecule has 1 aliphatic rings. The second kappa shape index (κ2) is 7.04. The maximum atomic E-state index is 12.6. The van der Waals surface area contributed by atoms with E-state index in [1.807, 2.05) is 18.2 Å². The fourth-order valence-corrected chi connectivity index (χ4v) is 2.75. The first-order valence-corrected chi connectivity index (χ1v) is 7.80. The summed E-state index contributed by atoms with van der Waals surface area (Å²) in [5, 5.41) is 0. The molecule has 0 bridgehead atoms. The van der Waals surface area contributed by atoms with Gasteiger partial charge < -0.3 is 10.6 Å². The van der Waals surface area contributed by atoms with Crippen LogP contribution in [0.3, 0.4) is 0 Å². The molecule has 0 unspecified atom stereocenters. The zero-order chi connectivity index (χ0) is 16.9. The van der Waals surface area contributed by atoms with Gasteiger partial charge in [0.2, 0.25) is 0 Å². The predicted octanol–water partition coefficient (Wildman–Crippen LogP) is 1.90. The Balaban J connectivity index is 1.70. The van der Waals surface area contributed by atoms with E-state index >= 15 is 0 Å². The van der Waals surface area contributed by atoms with Crippen molar-refractivity contribution in [1.82, 2.24) is 14.9 Å². The summed E-state index contributed by atoms with van der Waals surface area (Å²) in [6, 6.07) is 10.1. The monoisotopic (exact) mass is 322 g/mol. The van der Waals surface area contributed by atoms with Gasteiger partial charge >= 0.3 is 0 Å². The van der Waals surface area contributed by atoms with Gasteiger partial charge in [-0.2, -0.15) is 0 Å². The van der Waals surface area contributed by atoms with Crippen LogP contribution in [0.15, 0.2) is 48.3 Å². The number of rotatable bonds is 3. The maximum absolute atomic E-state index is 12.6. The van der Waals surface area contributed by atoms with Crippen LogP contribution < -0.4 is 5.73 Å². The van der Waals surface area contributed by atoms with Gasteiger partial charge in [0.05, 0.1) is 0 Å². The Morgan fingerprint density at radius 3 is 2.25 bits per heavy atom. The van der Waals surface area contributed by atoms with Crippen molar-refractivity contribution in [3.8, 4) is 0 Å². The molecule has 2 aromatic rings. The molecule has 122 valence electrons. The summed E-state index contributed by atoms with van der Waals surface area (Å²) < 4.78 is 0. The molecule has 6 nitrogen and oxygen atoms in total. The maximum Gasteiger partial charge on any atom is 0.274 e. The van der Waals surface area contributed by atoms with Gasteiger partial charge in [-0.1, -0.05) is 42.0 Å². The highest BCUT2D eigenvalue weighted by Gasteiger charge is 2.25. The van der Waals surface area contributed by atoms with E-state index in [4.69, 9.17) is 5.73 Å². The van der Waals surface area contributed by atoms with Crippen LogP contribution in [0.5, 0.6) is 0 Å². The Labute approximate surface area is 140 Å². The highest BCUT2D eigenvalue weighted by atomic mass is 16.2. The van der Waals surface area contributed by atoms with Crippen LogP contribution in [0.1, 0.15) is 39.4 Å². The quantitative estimate of drug-likeness (QED) is 0.934. The molecule has 0 atom stereocenters. The van der Waals surface area contributed by atoms with Crippen molar-refractivity contribution < 1.29 is 9.59 Å². The van der Waals surface area contributed by atoms with Gasteiger partial charge in [-0.05, 0) is 18.4 Å². The molecule has 2 N–H and O–H groups in total. The normalized spacial score (nSPS) is 14.3. The molecule has 1 saturated heterocycles. The van der Waals surface area contributed by atoms with E-state index in [0.717, 1.165) is 18.4 Å². The van der Waals surface area contributed by atoms with E-state index in [1.54, 1.807) is 4.90 Å². The summed E-state index contributed by atoms with van der Waals surface area (Å²) >= 11 is 0. The van der Waals surface area contributed by atoms with E-state index in [9.17, 15) is 9.59 Å². The fourth-order valence-electron chi connectivity index (χ4n) is 2.75. The van der Waals surface area contributed by atoms with Gasteiger partial charge in [0.1, 0.15) is 0 Å². The number of likely N-dealkylation sites (tertiary alicyclic amines) is 1. The number of carbonyl (C=O) groups excluding carboxylic acids is 2. The van der Waals surface area contributed by atoms with Crippen LogP contribution in [0.2, 0.25) is 0 Å². The number of amides is 2. The third-order valence-electron chi connectivity index (χ3n) is 4.00. The summed E-state index contributed by atoms with van der Waals surface area (Å²) in [4.78, 5) is 33.5. The van der Waals surface area contributed by atoms with Crippen LogP contribution in [0, 0.1) is 0 Å². The van der Waals surface area contributed by atoms with Crippen LogP contribution in [0.4, 0.5) is 0 Å². The topological polar surface area (TPSA) is 89.2 Å². The molecular formula is C18H18N4O2. The molecule has 1 fully saturated rings. The first-order chi connectivity index (χ1) is 11.6. The summed E-state index contributed by atoms with van der Waals surface area (Å²) in [5.74, 6) is -1.04. The number of carbonyl (C=O) groups is 2. The van der Waals surface area contributed by atoms with Gasteiger partial charge in [0, 0.05) is 25.5 Å².